The van der Waals surface area contributed by atoms with Crippen LogP contribution in [0.1, 0.15) is 0 Å². The summed E-state index contributed by atoms with van der Waals surface area (Å²) in [6.45, 7) is 0. The van der Waals surface area contributed by atoms with Gasteiger partial charge in [-0.2, -0.15) is 0 Å². The second-order valence-corrected chi connectivity index (χ2v) is 3.28. The summed E-state index contributed by atoms with van der Waals surface area (Å²) < 4.78 is 0. The summed E-state index contributed by atoms with van der Waals surface area (Å²) in [6, 6.07) is 9.94. The SMILES string of the molecule is Nc1nc2ccccc2cc1P. The lowest BCUT2D eigenvalue weighted by Crippen LogP contribution is -2.03. The molecule has 0 spiro atoms. The molecule has 1 aromatic heterocycles. The van der Waals surface area contributed by atoms with E-state index < -0.39 is 0 Å². The number of nitrogens with zero attached hydrogens (tertiary/aromatic N) is 1. The molecular weight excluding hydrogens is 167 g/mol. The van der Waals surface area contributed by atoms with E-state index in [0.29, 0.717) is 5.82 Å². The van der Waals surface area contributed by atoms with Crippen molar-refractivity contribution in [1.29, 1.82) is 0 Å². The van der Waals surface area contributed by atoms with Gasteiger partial charge in [-0.1, -0.05) is 18.2 Å². The third-order valence-electron chi connectivity index (χ3n) is 1.78. The Balaban J connectivity index is 2.84. The number of aromatic nitrogens is 1. The highest BCUT2D eigenvalue weighted by atomic mass is 31.0. The minimum absolute atomic E-state index is 0.582. The first-order valence-corrected chi connectivity index (χ1v) is 4.26. The zero-order chi connectivity index (χ0) is 8.55. The molecule has 0 amide bonds. The molecule has 0 aliphatic heterocycles. The number of pyridine rings is 1. The first-order valence-electron chi connectivity index (χ1n) is 3.68. The highest BCUT2D eigenvalue weighted by Crippen LogP contribution is 2.12. The van der Waals surface area contributed by atoms with Gasteiger partial charge in [0.25, 0.3) is 0 Å². The van der Waals surface area contributed by atoms with Crippen LogP contribution < -0.4 is 11.0 Å². The van der Waals surface area contributed by atoms with Crippen molar-refractivity contribution in [2.24, 2.45) is 0 Å². The molecule has 12 heavy (non-hydrogen) atoms. The second kappa shape index (κ2) is 2.72. The molecule has 2 rings (SSSR count). The molecular formula is C9H9N2P. The fraction of sp³-hybridized carbons (Fsp3) is 0. The first-order chi connectivity index (χ1) is 5.77. The van der Waals surface area contributed by atoms with E-state index in [0.717, 1.165) is 16.2 Å². The van der Waals surface area contributed by atoms with Crippen molar-refractivity contribution in [2.75, 3.05) is 5.73 Å². The number of benzene rings is 1. The Kier molecular flexibility index (Phi) is 1.70. The summed E-state index contributed by atoms with van der Waals surface area (Å²) in [4.78, 5) is 4.23. The molecule has 2 aromatic rings. The summed E-state index contributed by atoms with van der Waals surface area (Å²) in [5, 5.41) is 2.07. The van der Waals surface area contributed by atoms with Crippen molar-refractivity contribution in [3.05, 3.63) is 30.3 Å². The number of nitrogen functional groups attached to an aromatic ring is 1. The molecule has 0 aliphatic carbocycles. The van der Waals surface area contributed by atoms with Gasteiger partial charge in [-0.3, -0.25) is 0 Å². The van der Waals surface area contributed by atoms with Crippen LogP contribution in [-0.4, -0.2) is 4.98 Å². The van der Waals surface area contributed by atoms with Gasteiger partial charge >= 0.3 is 0 Å². The van der Waals surface area contributed by atoms with Crippen LogP contribution in [0.3, 0.4) is 0 Å². The monoisotopic (exact) mass is 176 g/mol. The third-order valence-corrected chi connectivity index (χ3v) is 2.25. The van der Waals surface area contributed by atoms with E-state index in [9.17, 15) is 0 Å². The largest absolute Gasteiger partial charge is 0.383 e. The summed E-state index contributed by atoms with van der Waals surface area (Å²) in [6.07, 6.45) is 0. The van der Waals surface area contributed by atoms with E-state index in [2.05, 4.69) is 14.2 Å². The van der Waals surface area contributed by atoms with Crippen LogP contribution in [0.4, 0.5) is 5.82 Å². The molecule has 0 saturated heterocycles. The average Bonchev–Trinajstić information content (AvgIpc) is 2.07. The number of nitrogens with two attached hydrogens (primary N) is 1. The van der Waals surface area contributed by atoms with Gasteiger partial charge in [0.2, 0.25) is 0 Å². The Labute approximate surface area is 73.0 Å². The normalized spacial score (nSPS) is 10.4. The highest BCUT2D eigenvalue weighted by Gasteiger charge is 1.97. The maximum Gasteiger partial charge on any atom is 0.131 e. The summed E-state index contributed by atoms with van der Waals surface area (Å²) in [5.74, 6) is 0.582. The molecule has 0 aliphatic rings. The van der Waals surface area contributed by atoms with Gasteiger partial charge in [0.05, 0.1) is 5.52 Å². The maximum absolute atomic E-state index is 5.65. The zero-order valence-electron chi connectivity index (χ0n) is 6.49. The standard InChI is InChI=1S/C9H9N2P/c10-9-8(12)5-6-3-1-2-4-7(6)11-9/h1-5H,12H2,(H2,10,11). The molecule has 1 unspecified atom stereocenters. The minimum atomic E-state index is 0.582. The van der Waals surface area contributed by atoms with Gasteiger partial charge in [-0.25, -0.2) is 4.98 Å². The van der Waals surface area contributed by atoms with Gasteiger partial charge in [0.15, 0.2) is 0 Å². The Bertz CT molecular complexity index is 385. The zero-order valence-corrected chi connectivity index (χ0v) is 7.64. The van der Waals surface area contributed by atoms with Crippen molar-refractivity contribution >= 4 is 31.3 Å². The molecule has 1 aromatic carbocycles. The molecule has 0 radical (unpaired) electrons. The van der Waals surface area contributed by atoms with Gasteiger partial charge in [0, 0.05) is 10.7 Å². The van der Waals surface area contributed by atoms with Crippen molar-refractivity contribution in [2.45, 2.75) is 0 Å². The number of hydrogen-bond donors (Lipinski definition) is 1. The molecule has 1 atom stereocenters. The van der Waals surface area contributed by atoms with E-state index in [-0.39, 0.29) is 0 Å². The summed E-state index contributed by atoms with van der Waals surface area (Å²) in [5.41, 5.74) is 6.60. The predicted octanol–water partition coefficient (Wildman–Crippen LogP) is 1.32. The maximum atomic E-state index is 5.65. The van der Waals surface area contributed by atoms with Crippen molar-refractivity contribution in [3.63, 3.8) is 0 Å². The third kappa shape index (κ3) is 1.15. The predicted molar refractivity (Wildman–Crippen MR) is 55.5 cm³/mol. The minimum Gasteiger partial charge on any atom is -0.383 e. The Morgan fingerprint density at radius 3 is 2.83 bits per heavy atom. The van der Waals surface area contributed by atoms with Crippen LogP contribution in [-0.2, 0) is 0 Å². The molecule has 60 valence electrons. The lowest BCUT2D eigenvalue weighted by atomic mass is 10.2. The van der Waals surface area contributed by atoms with Crippen molar-refractivity contribution < 1.29 is 0 Å². The van der Waals surface area contributed by atoms with Crippen LogP contribution >= 0.6 is 9.24 Å². The van der Waals surface area contributed by atoms with Crippen LogP contribution in [0.15, 0.2) is 30.3 Å². The topological polar surface area (TPSA) is 38.9 Å². The molecule has 3 heteroatoms. The number of anilines is 1. The van der Waals surface area contributed by atoms with Crippen LogP contribution in [0.5, 0.6) is 0 Å². The summed E-state index contributed by atoms with van der Waals surface area (Å²) in [7, 11) is 2.57. The average molecular weight is 176 g/mol. The number of para-hydroxylation sites is 1. The fourth-order valence-electron chi connectivity index (χ4n) is 1.15. The lowest BCUT2D eigenvalue weighted by molar-refractivity contribution is 1.44. The van der Waals surface area contributed by atoms with Gasteiger partial charge < -0.3 is 5.73 Å². The Morgan fingerprint density at radius 2 is 2.00 bits per heavy atom. The molecule has 0 saturated carbocycles. The Hall–Kier alpha value is -1.14. The number of fused-ring (bicyclic) bond motifs is 1. The quantitative estimate of drug-likeness (QED) is 0.615. The molecule has 0 bridgehead atoms. The van der Waals surface area contributed by atoms with E-state index in [1.54, 1.807) is 0 Å². The van der Waals surface area contributed by atoms with Crippen molar-refractivity contribution in [3.8, 4) is 0 Å². The van der Waals surface area contributed by atoms with E-state index in [4.69, 9.17) is 5.73 Å². The van der Waals surface area contributed by atoms with Crippen LogP contribution in [0.2, 0.25) is 0 Å². The fourth-order valence-corrected chi connectivity index (χ4v) is 1.39. The second-order valence-electron chi connectivity index (χ2n) is 2.66. The van der Waals surface area contributed by atoms with Gasteiger partial charge in [-0.15, -0.1) is 9.24 Å². The van der Waals surface area contributed by atoms with E-state index in [1.807, 2.05) is 30.3 Å². The molecule has 2 N–H and O–H groups in total. The lowest BCUT2D eigenvalue weighted by Gasteiger charge is -2.01. The number of rotatable bonds is 0. The van der Waals surface area contributed by atoms with Crippen molar-refractivity contribution in [1.82, 2.24) is 4.98 Å². The van der Waals surface area contributed by atoms with Crippen LogP contribution in [0, 0.1) is 0 Å². The first kappa shape index (κ1) is 7.51. The molecule has 0 fully saturated rings. The van der Waals surface area contributed by atoms with E-state index in [1.165, 1.54) is 0 Å². The molecule has 2 nitrogen and oxygen atoms in total. The summed E-state index contributed by atoms with van der Waals surface area (Å²) >= 11 is 0. The number of hydrogen-bond acceptors (Lipinski definition) is 2. The molecule has 1 heterocycles. The van der Waals surface area contributed by atoms with E-state index >= 15 is 0 Å². The van der Waals surface area contributed by atoms with Crippen LogP contribution in [0.25, 0.3) is 10.9 Å². The Morgan fingerprint density at radius 1 is 1.25 bits per heavy atom. The van der Waals surface area contributed by atoms with Gasteiger partial charge in [-0.05, 0) is 12.1 Å². The highest BCUT2D eigenvalue weighted by molar-refractivity contribution is 7.28. The van der Waals surface area contributed by atoms with Gasteiger partial charge in [0.1, 0.15) is 5.82 Å². The smallest absolute Gasteiger partial charge is 0.131 e.